The fourth-order valence-electron chi connectivity index (χ4n) is 1.13. The van der Waals surface area contributed by atoms with Crippen molar-refractivity contribution in [3.8, 4) is 0 Å². The Hall–Kier alpha value is -1.70. The third-order valence-electron chi connectivity index (χ3n) is 2.07. The first kappa shape index (κ1) is 16.4. The molecule has 0 atom stereocenters. The summed E-state index contributed by atoms with van der Waals surface area (Å²) < 4.78 is 35.4. The molecule has 0 heterocycles. The van der Waals surface area contributed by atoms with Gasteiger partial charge in [-0.25, -0.2) is 0 Å². The maximum Gasteiger partial charge on any atom is 0.405 e. The molecule has 1 aromatic carbocycles. The highest BCUT2D eigenvalue weighted by Gasteiger charge is 2.27. The summed E-state index contributed by atoms with van der Waals surface area (Å²) in [5, 5.41) is 5.18. The molecule has 1 rings (SSSR count). The number of benzene rings is 1. The first-order valence-electron chi connectivity index (χ1n) is 5.53. The number of thioether (sulfide) groups is 1. The van der Waals surface area contributed by atoms with E-state index in [2.05, 4.69) is 9.99 Å². The summed E-state index contributed by atoms with van der Waals surface area (Å²) in [6, 6.07) is 7.40. The normalized spacial score (nSPS) is 11.6. The van der Waals surface area contributed by atoms with Gasteiger partial charge in [-0.3, -0.25) is 4.79 Å². The quantitative estimate of drug-likeness (QED) is 0.499. The predicted molar refractivity (Wildman–Crippen MR) is 70.8 cm³/mol. The minimum atomic E-state index is -4.43. The lowest BCUT2D eigenvalue weighted by Gasteiger charge is -2.07. The number of nitrogens with zero attached hydrogens (tertiary/aromatic N) is 1. The molecule has 0 spiro atoms. The lowest BCUT2D eigenvalue weighted by Crippen LogP contribution is -2.35. The second kappa shape index (κ2) is 7.78. The van der Waals surface area contributed by atoms with Crippen LogP contribution in [-0.2, 0) is 9.63 Å². The largest absolute Gasteiger partial charge is 0.405 e. The maximum absolute atomic E-state index is 11.8. The Kier molecular flexibility index (Phi) is 6.37. The van der Waals surface area contributed by atoms with Crippen LogP contribution in [-0.4, -0.2) is 37.7 Å². The molecule has 0 aliphatic heterocycles. The zero-order chi connectivity index (χ0) is 15.0. The lowest BCUT2D eigenvalue weighted by molar-refractivity contribution is -0.141. The minimum Gasteiger partial charge on any atom is -0.386 e. The van der Waals surface area contributed by atoms with Crippen molar-refractivity contribution in [2.24, 2.45) is 5.16 Å². The second-order valence-corrected chi connectivity index (χ2v) is 4.55. The smallest absolute Gasteiger partial charge is 0.386 e. The van der Waals surface area contributed by atoms with Crippen LogP contribution in [0.2, 0.25) is 0 Å². The molecule has 0 bridgehead atoms. The van der Waals surface area contributed by atoms with Crippen molar-refractivity contribution in [3.05, 3.63) is 29.8 Å². The Balaban J connectivity index is 2.28. The van der Waals surface area contributed by atoms with Gasteiger partial charge in [-0.1, -0.05) is 17.3 Å². The molecule has 0 unspecified atom stereocenters. The van der Waals surface area contributed by atoms with Crippen LogP contribution in [0.4, 0.5) is 13.2 Å². The predicted octanol–water partition coefficient (Wildman–Crippen LogP) is 2.44. The van der Waals surface area contributed by atoms with Gasteiger partial charge in [-0.05, 0) is 24.0 Å². The van der Waals surface area contributed by atoms with E-state index in [4.69, 9.17) is 0 Å². The summed E-state index contributed by atoms with van der Waals surface area (Å²) in [4.78, 5) is 16.7. The number of hydrogen-bond acceptors (Lipinski definition) is 4. The molecular weight excluding hydrogens is 293 g/mol. The molecule has 8 heteroatoms. The SMILES string of the molecule is CSc1ccc(/C=N/OCC(=O)NCC(F)(F)F)cc1. The van der Waals surface area contributed by atoms with Crippen LogP contribution >= 0.6 is 11.8 Å². The zero-order valence-corrected chi connectivity index (χ0v) is 11.4. The van der Waals surface area contributed by atoms with Crippen LogP contribution < -0.4 is 5.32 Å². The van der Waals surface area contributed by atoms with Gasteiger partial charge in [-0.2, -0.15) is 13.2 Å². The molecule has 20 heavy (non-hydrogen) atoms. The number of rotatable bonds is 6. The number of oxime groups is 1. The number of carbonyl (C=O) groups excluding carboxylic acids is 1. The molecule has 0 saturated heterocycles. The van der Waals surface area contributed by atoms with Crippen molar-refractivity contribution >= 4 is 23.9 Å². The van der Waals surface area contributed by atoms with Gasteiger partial charge < -0.3 is 10.2 Å². The van der Waals surface area contributed by atoms with Crippen molar-refractivity contribution < 1.29 is 22.8 Å². The van der Waals surface area contributed by atoms with Gasteiger partial charge in [0.1, 0.15) is 6.54 Å². The fourth-order valence-corrected chi connectivity index (χ4v) is 1.54. The number of halogens is 3. The Morgan fingerprint density at radius 3 is 2.60 bits per heavy atom. The monoisotopic (exact) mass is 306 g/mol. The van der Waals surface area contributed by atoms with E-state index in [1.807, 2.05) is 30.5 Å². The Morgan fingerprint density at radius 2 is 2.05 bits per heavy atom. The van der Waals surface area contributed by atoms with Crippen LogP contribution in [0.5, 0.6) is 0 Å². The van der Waals surface area contributed by atoms with Crippen LogP contribution in [0.3, 0.4) is 0 Å². The topological polar surface area (TPSA) is 50.7 Å². The molecule has 0 fully saturated rings. The number of hydrogen-bond donors (Lipinski definition) is 1. The van der Waals surface area contributed by atoms with Gasteiger partial charge in [0.15, 0.2) is 6.61 Å². The van der Waals surface area contributed by atoms with Crippen molar-refractivity contribution in [1.29, 1.82) is 0 Å². The number of alkyl halides is 3. The van der Waals surface area contributed by atoms with E-state index in [1.54, 1.807) is 17.1 Å². The third kappa shape index (κ3) is 7.03. The first-order valence-corrected chi connectivity index (χ1v) is 6.76. The average molecular weight is 306 g/mol. The Bertz CT molecular complexity index is 461. The zero-order valence-electron chi connectivity index (χ0n) is 10.6. The Labute approximate surface area is 118 Å². The summed E-state index contributed by atoms with van der Waals surface area (Å²) in [6.45, 7) is -1.94. The maximum atomic E-state index is 11.8. The highest BCUT2D eigenvalue weighted by Crippen LogP contribution is 2.14. The van der Waals surface area contributed by atoms with Gasteiger partial charge in [0.25, 0.3) is 5.91 Å². The first-order chi connectivity index (χ1) is 9.40. The van der Waals surface area contributed by atoms with E-state index in [0.29, 0.717) is 0 Å². The van der Waals surface area contributed by atoms with E-state index in [1.165, 1.54) is 6.21 Å². The molecule has 0 aliphatic carbocycles. The molecular formula is C12H13F3N2O2S. The summed E-state index contributed by atoms with van der Waals surface area (Å²) >= 11 is 1.60. The summed E-state index contributed by atoms with van der Waals surface area (Å²) in [6.07, 6.45) is -1.11. The van der Waals surface area contributed by atoms with Crippen LogP contribution in [0.25, 0.3) is 0 Å². The van der Waals surface area contributed by atoms with Crippen molar-refractivity contribution in [3.63, 3.8) is 0 Å². The lowest BCUT2D eigenvalue weighted by atomic mass is 10.2. The molecule has 4 nitrogen and oxygen atoms in total. The number of nitrogens with one attached hydrogen (secondary N) is 1. The van der Waals surface area contributed by atoms with Gasteiger partial charge in [0.2, 0.25) is 0 Å². The van der Waals surface area contributed by atoms with E-state index >= 15 is 0 Å². The highest BCUT2D eigenvalue weighted by atomic mass is 32.2. The number of carbonyl (C=O) groups is 1. The average Bonchev–Trinajstić information content (AvgIpc) is 2.41. The van der Waals surface area contributed by atoms with Crippen molar-refractivity contribution in [1.82, 2.24) is 5.32 Å². The van der Waals surface area contributed by atoms with Crippen LogP contribution in [0, 0.1) is 0 Å². The summed E-state index contributed by atoms with van der Waals surface area (Å²) in [7, 11) is 0. The van der Waals surface area contributed by atoms with Crippen molar-refractivity contribution in [2.45, 2.75) is 11.1 Å². The van der Waals surface area contributed by atoms with Gasteiger partial charge in [0, 0.05) is 4.90 Å². The molecule has 1 amide bonds. The highest BCUT2D eigenvalue weighted by molar-refractivity contribution is 7.98. The molecule has 1 aromatic rings. The van der Waals surface area contributed by atoms with E-state index < -0.39 is 25.2 Å². The third-order valence-corrected chi connectivity index (χ3v) is 2.82. The molecule has 0 aliphatic rings. The van der Waals surface area contributed by atoms with E-state index in [9.17, 15) is 18.0 Å². The van der Waals surface area contributed by atoms with E-state index in [0.717, 1.165) is 10.5 Å². The van der Waals surface area contributed by atoms with Crippen molar-refractivity contribution in [2.75, 3.05) is 19.4 Å². The second-order valence-electron chi connectivity index (χ2n) is 3.67. The molecule has 1 N–H and O–H groups in total. The standard InChI is InChI=1S/C12H13F3N2O2S/c1-20-10-4-2-9(3-5-10)6-17-19-7-11(18)16-8-12(13,14)15/h2-6H,7-8H2,1H3,(H,16,18)/b17-6+. The minimum absolute atomic E-state index is 0.560. The van der Waals surface area contributed by atoms with Crippen LogP contribution in [0.15, 0.2) is 34.3 Å². The summed E-state index contributed by atoms with van der Waals surface area (Å²) in [5.74, 6) is -0.878. The number of amides is 1. The van der Waals surface area contributed by atoms with Gasteiger partial charge in [0.05, 0.1) is 6.21 Å². The van der Waals surface area contributed by atoms with Gasteiger partial charge in [-0.15, -0.1) is 11.8 Å². The fraction of sp³-hybridized carbons (Fsp3) is 0.333. The molecule has 110 valence electrons. The Morgan fingerprint density at radius 1 is 1.40 bits per heavy atom. The summed E-state index contributed by atoms with van der Waals surface area (Å²) in [5.41, 5.74) is 0.762. The van der Waals surface area contributed by atoms with Gasteiger partial charge >= 0.3 is 6.18 Å². The van der Waals surface area contributed by atoms with Crippen LogP contribution in [0.1, 0.15) is 5.56 Å². The molecule has 0 aromatic heterocycles. The molecule has 0 saturated carbocycles. The van der Waals surface area contributed by atoms with E-state index in [-0.39, 0.29) is 0 Å². The molecule has 0 radical (unpaired) electrons.